The minimum atomic E-state index is -0.0706. The van der Waals surface area contributed by atoms with Gasteiger partial charge in [0.25, 0.3) is 0 Å². The third-order valence-electron chi connectivity index (χ3n) is 2.49. The maximum absolute atomic E-state index is 11.3. The van der Waals surface area contributed by atoms with Gasteiger partial charge in [0.05, 0.1) is 13.0 Å². The molecule has 1 aliphatic rings. The minimum absolute atomic E-state index is 0.0648. The van der Waals surface area contributed by atoms with E-state index in [4.69, 9.17) is 4.74 Å². The van der Waals surface area contributed by atoms with Gasteiger partial charge in [-0.2, -0.15) is 0 Å². The van der Waals surface area contributed by atoms with Crippen LogP contribution in [0.5, 0.6) is 0 Å². The fourth-order valence-electron chi connectivity index (χ4n) is 1.84. The van der Waals surface area contributed by atoms with E-state index in [1.807, 2.05) is 0 Å². The molecule has 0 aromatic carbocycles. The van der Waals surface area contributed by atoms with Gasteiger partial charge < -0.3 is 10.1 Å². The molecule has 1 fully saturated rings. The summed E-state index contributed by atoms with van der Waals surface area (Å²) in [6.45, 7) is 5.18. The number of esters is 1. The fraction of sp³-hybridized carbons (Fsp3) is 0.889. The molecular formula is C9H17NO2. The van der Waals surface area contributed by atoms with E-state index in [1.54, 1.807) is 0 Å². The summed E-state index contributed by atoms with van der Waals surface area (Å²) in [5, 5.41) is 3.32. The van der Waals surface area contributed by atoms with Crippen molar-refractivity contribution in [2.24, 2.45) is 11.8 Å². The van der Waals surface area contributed by atoms with E-state index in [2.05, 4.69) is 19.2 Å². The Morgan fingerprint density at radius 3 is 2.75 bits per heavy atom. The molecule has 0 aliphatic carbocycles. The number of ether oxygens (including phenoxy) is 1. The average Bonchev–Trinajstić information content (AvgIpc) is 2.50. The first kappa shape index (κ1) is 9.52. The quantitative estimate of drug-likeness (QED) is 0.624. The Hall–Kier alpha value is -0.570. The van der Waals surface area contributed by atoms with Crippen molar-refractivity contribution in [2.75, 3.05) is 13.7 Å². The molecule has 0 spiro atoms. The average molecular weight is 171 g/mol. The first-order chi connectivity index (χ1) is 5.66. The number of nitrogens with one attached hydrogen (secondary N) is 1. The molecule has 3 nitrogen and oxygen atoms in total. The van der Waals surface area contributed by atoms with Gasteiger partial charge >= 0.3 is 5.97 Å². The van der Waals surface area contributed by atoms with Crippen LogP contribution in [0.15, 0.2) is 0 Å². The molecule has 1 aliphatic heterocycles. The van der Waals surface area contributed by atoms with Crippen LogP contribution in [0, 0.1) is 11.8 Å². The van der Waals surface area contributed by atoms with Crippen LogP contribution in [0.3, 0.4) is 0 Å². The monoisotopic (exact) mass is 171 g/mol. The molecule has 1 rings (SSSR count). The van der Waals surface area contributed by atoms with E-state index in [0.29, 0.717) is 12.0 Å². The molecule has 0 saturated carbocycles. The summed E-state index contributed by atoms with van der Waals surface area (Å²) in [5.74, 6) is 0.491. The summed E-state index contributed by atoms with van der Waals surface area (Å²) in [5.41, 5.74) is 0. The van der Waals surface area contributed by atoms with Crippen molar-refractivity contribution in [1.29, 1.82) is 0 Å². The van der Waals surface area contributed by atoms with Gasteiger partial charge in [-0.3, -0.25) is 4.79 Å². The van der Waals surface area contributed by atoms with Crippen LogP contribution in [0.1, 0.15) is 20.3 Å². The van der Waals surface area contributed by atoms with E-state index < -0.39 is 0 Å². The summed E-state index contributed by atoms with van der Waals surface area (Å²) in [6.07, 6.45) is 0.912. The topological polar surface area (TPSA) is 38.3 Å². The van der Waals surface area contributed by atoms with Crippen LogP contribution in [-0.2, 0) is 9.53 Å². The highest BCUT2D eigenvalue weighted by atomic mass is 16.5. The molecule has 0 aromatic heterocycles. The lowest BCUT2D eigenvalue weighted by Crippen LogP contribution is -2.36. The van der Waals surface area contributed by atoms with Gasteiger partial charge in [0.2, 0.25) is 0 Å². The molecule has 1 heterocycles. The summed E-state index contributed by atoms with van der Waals surface area (Å²) < 4.78 is 4.74. The SMILES string of the molecule is COC(=O)[C@H]1CCN[C@@H]1C(C)C. The van der Waals surface area contributed by atoms with Gasteiger partial charge in [-0.15, -0.1) is 0 Å². The van der Waals surface area contributed by atoms with Crippen LogP contribution >= 0.6 is 0 Å². The zero-order chi connectivity index (χ0) is 9.14. The number of rotatable bonds is 2. The Kier molecular flexibility index (Phi) is 3.09. The number of hydrogen-bond donors (Lipinski definition) is 1. The van der Waals surface area contributed by atoms with E-state index in [1.165, 1.54) is 7.11 Å². The first-order valence-electron chi connectivity index (χ1n) is 4.48. The van der Waals surface area contributed by atoms with Gasteiger partial charge in [0.1, 0.15) is 0 Å². The number of carbonyl (C=O) groups is 1. The molecule has 1 saturated heterocycles. The van der Waals surface area contributed by atoms with Gasteiger partial charge in [-0.25, -0.2) is 0 Å². The molecule has 0 aromatic rings. The molecule has 12 heavy (non-hydrogen) atoms. The van der Waals surface area contributed by atoms with Gasteiger partial charge in [0.15, 0.2) is 0 Å². The second-order valence-corrected chi connectivity index (χ2v) is 3.64. The molecule has 70 valence electrons. The summed E-state index contributed by atoms with van der Waals surface area (Å²) in [6, 6.07) is 0.303. The normalized spacial score (nSPS) is 29.3. The third kappa shape index (κ3) is 1.78. The van der Waals surface area contributed by atoms with Crippen molar-refractivity contribution >= 4 is 5.97 Å². The fourth-order valence-corrected chi connectivity index (χ4v) is 1.84. The summed E-state index contributed by atoms with van der Waals surface area (Å²) >= 11 is 0. The Balaban J connectivity index is 2.57. The Morgan fingerprint density at radius 1 is 1.58 bits per heavy atom. The molecule has 0 amide bonds. The van der Waals surface area contributed by atoms with Crippen LogP contribution in [-0.4, -0.2) is 25.7 Å². The minimum Gasteiger partial charge on any atom is -0.469 e. The molecule has 3 heteroatoms. The maximum atomic E-state index is 11.3. The van der Waals surface area contributed by atoms with Crippen LogP contribution in [0.4, 0.5) is 0 Å². The molecule has 0 bridgehead atoms. The highest BCUT2D eigenvalue weighted by Crippen LogP contribution is 2.22. The standard InChI is InChI=1S/C9H17NO2/c1-6(2)8-7(4-5-10-8)9(11)12-3/h6-8,10H,4-5H2,1-3H3/t7-,8+/m0/s1. The van der Waals surface area contributed by atoms with Gasteiger partial charge in [0, 0.05) is 6.04 Å². The lowest BCUT2D eigenvalue weighted by molar-refractivity contribution is -0.146. The van der Waals surface area contributed by atoms with Crippen molar-refractivity contribution in [1.82, 2.24) is 5.32 Å². The van der Waals surface area contributed by atoms with Crippen molar-refractivity contribution < 1.29 is 9.53 Å². The first-order valence-corrected chi connectivity index (χ1v) is 4.48. The molecule has 0 unspecified atom stereocenters. The van der Waals surface area contributed by atoms with Gasteiger partial charge in [-0.05, 0) is 18.9 Å². The molecular weight excluding hydrogens is 154 g/mol. The maximum Gasteiger partial charge on any atom is 0.310 e. The van der Waals surface area contributed by atoms with Crippen molar-refractivity contribution in [3.05, 3.63) is 0 Å². The van der Waals surface area contributed by atoms with Crippen LogP contribution < -0.4 is 5.32 Å². The lowest BCUT2D eigenvalue weighted by atomic mass is 9.92. The largest absolute Gasteiger partial charge is 0.469 e. The van der Waals surface area contributed by atoms with Crippen LogP contribution in [0.25, 0.3) is 0 Å². The number of carbonyl (C=O) groups excluding carboxylic acids is 1. The van der Waals surface area contributed by atoms with E-state index in [9.17, 15) is 4.79 Å². The van der Waals surface area contributed by atoms with Crippen molar-refractivity contribution in [3.8, 4) is 0 Å². The second-order valence-electron chi connectivity index (χ2n) is 3.64. The summed E-state index contributed by atoms with van der Waals surface area (Å²) in [7, 11) is 1.46. The number of hydrogen-bond acceptors (Lipinski definition) is 3. The molecule has 0 radical (unpaired) electrons. The zero-order valence-electron chi connectivity index (χ0n) is 7.96. The highest BCUT2D eigenvalue weighted by Gasteiger charge is 2.34. The molecule has 1 N–H and O–H groups in total. The van der Waals surface area contributed by atoms with E-state index >= 15 is 0 Å². The third-order valence-corrected chi connectivity index (χ3v) is 2.49. The van der Waals surface area contributed by atoms with Gasteiger partial charge in [-0.1, -0.05) is 13.8 Å². The van der Waals surface area contributed by atoms with Crippen LogP contribution in [0.2, 0.25) is 0 Å². The zero-order valence-corrected chi connectivity index (χ0v) is 7.96. The van der Waals surface area contributed by atoms with E-state index in [0.717, 1.165) is 13.0 Å². The lowest BCUT2D eigenvalue weighted by Gasteiger charge is -2.20. The predicted octanol–water partition coefficient (Wildman–Crippen LogP) is 0.793. The van der Waals surface area contributed by atoms with Crippen molar-refractivity contribution in [2.45, 2.75) is 26.3 Å². The van der Waals surface area contributed by atoms with E-state index in [-0.39, 0.29) is 11.9 Å². The Bertz CT molecular complexity index is 168. The smallest absolute Gasteiger partial charge is 0.310 e. The highest BCUT2D eigenvalue weighted by molar-refractivity contribution is 5.73. The van der Waals surface area contributed by atoms with Crippen molar-refractivity contribution in [3.63, 3.8) is 0 Å². The Labute approximate surface area is 73.5 Å². The number of methoxy groups -OCH3 is 1. The second kappa shape index (κ2) is 3.90. The summed E-state index contributed by atoms with van der Waals surface area (Å²) in [4.78, 5) is 11.3. The molecule has 2 atom stereocenters. The predicted molar refractivity (Wildman–Crippen MR) is 46.8 cm³/mol. The Morgan fingerprint density at radius 2 is 2.25 bits per heavy atom.